The highest BCUT2D eigenvalue weighted by Crippen LogP contribution is 2.39. The first-order valence-electron chi connectivity index (χ1n) is 14.0. The van der Waals surface area contributed by atoms with Gasteiger partial charge in [0.05, 0.1) is 11.1 Å². The lowest BCUT2D eigenvalue weighted by molar-refractivity contribution is -0.143. The minimum atomic E-state index is -4.89. The van der Waals surface area contributed by atoms with Crippen LogP contribution in [0.5, 0.6) is 0 Å². The zero-order valence-corrected chi connectivity index (χ0v) is 24.9. The molecule has 0 aliphatic rings. The Balaban J connectivity index is 1.70. The largest absolute Gasteiger partial charge is 0.480 e. The number of carboxylic acids is 1. The van der Waals surface area contributed by atoms with E-state index in [1.54, 1.807) is 0 Å². The van der Waals surface area contributed by atoms with E-state index in [0.717, 1.165) is 10.6 Å². The van der Waals surface area contributed by atoms with E-state index in [1.165, 1.54) is 57.3 Å². The van der Waals surface area contributed by atoms with Gasteiger partial charge in [-0.3, -0.25) is 9.59 Å². The molecule has 7 nitrogen and oxygen atoms in total. The zero-order valence-electron chi connectivity index (χ0n) is 24.9. The molecule has 1 heterocycles. The second-order valence-electron chi connectivity index (χ2n) is 10.8. The van der Waals surface area contributed by atoms with Gasteiger partial charge in [0.2, 0.25) is 0 Å². The number of carbonyl (C=O) groups is 2. The van der Waals surface area contributed by atoms with Crippen LogP contribution in [0.25, 0.3) is 21.9 Å². The maximum absolute atomic E-state index is 14.8. The third-order valence-electron chi connectivity index (χ3n) is 7.70. The third-order valence-corrected chi connectivity index (χ3v) is 7.70. The van der Waals surface area contributed by atoms with Crippen molar-refractivity contribution in [3.8, 4) is 11.1 Å². The van der Waals surface area contributed by atoms with Gasteiger partial charge in [0.1, 0.15) is 29.3 Å². The predicted octanol–water partition coefficient (Wildman–Crippen LogP) is 6.99. The number of halogens is 8. The smallest absolute Gasteiger partial charge is 0.417 e. The average molecular weight is 670 g/mol. The van der Waals surface area contributed by atoms with E-state index in [9.17, 15) is 54.6 Å². The van der Waals surface area contributed by atoms with Crippen molar-refractivity contribution >= 4 is 28.3 Å². The number of rotatable bonds is 9. The number of nitrogens with zero attached hydrogens (tertiary/aromatic N) is 1. The highest BCUT2D eigenvalue weighted by molar-refractivity contribution is 6.00. The van der Waals surface area contributed by atoms with Crippen molar-refractivity contribution in [1.29, 1.82) is 0 Å². The SMILES string of the molecule is CC[C@@H](Nc1cc(F)c(C(=O)NC(Cc2ccc(-c3c(C(F)(F)F)cc(C)n(C)c3=O)c3ccccc23)C(=O)O)c(F)c1)C(F)(F)F. The van der Waals surface area contributed by atoms with Gasteiger partial charge in [0, 0.05) is 24.8 Å². The summed E-state index contributed by atoms with van der Waals surface area (Å²) in [6.45, 7) is 2.55. The molecule has 1 aromatic heterocycles. The Kier molecular flexibility index (Phi) is 9.69. The number of carboxylic acid groups (broad SMARTS) is 1. The van der Waals surface area contributed by atoms with Gasteiger partial charge < -0.3 is 20.3 Å². The molecule has 1 unspecified atom stereocenters. The van der Waals surface area contributed by atoms with Crippen LogP contribution in [0.2, 0.25) is 0 Å². The van der Waals surface area contributed by atoms with Gasteiger partial charge in [-0.2, -0.15) is 26.3 Å². The van der Waals surface area contributed by atoms with Crippen LogP contribution in [-0.2, 0) is 24.4 Å². The average Bonchev–Trinajstić information content (AvgIpc) is 2.97. The standard InChI is InChI=1S/C32H27F8N3O4/c1-4-25(32(38,39)40)41-17-13-22(33)27(23(34)14-17)28(44)42-24(30(46)47)12-16-9-10-20(19-8-6-5-7-18(16)19)26-21(31(35,36)37)11-15(2)43(3)29(26)45/h5-11,13-14,24-25,41H,4,12H2,1-3H3,(H,42,44)(H,46,47)/t24?,25-/m1/s1. The van der Waals surface area contributed by atoms with Crippen molar-refractivity contribution in [2.45, 2.75) is 51.1 Å². The van der Waals surface area contributed by atoms with Crippen molar-refractivity contribution in [2.75, 3.05) is 5.32 Å². The molecule has 0 aliphatic heterocycles. The van der Waals surface area contributed by atoms with E-state index < -0.39 is 88.7 Å². The summed E-state index contributed by atoms with van der Waals surface area (Å²) < 4.78 is 112. The van der Waals surface area contributed by atoms with Crippen LogP contribution >= 0.6 is 0 Å². The minimum absolute atomic E-state index is 0.0669. The van der Waals surface area contributed by atoms with Crippen molar-refractivity contribution in [1.82, 2.24) is 9.88 Å². The Morgan fingerprint density at radius 2 is 1.53 bits per heavy atom. The molecule has 1 amide bonds. The first-order chi connectivity index (χ1) is 21.8. The van der Waals surface area contributed by atoms with Crippen LogP contribution in [0.15, 0.2) is 59.4 Å². The maximum Gasteiger partial charge on any atom is 0.417 e. The van der Waals surface area contributed by atoms with Crippen LogP contribution in [0, 0.1) is 18.6 Å². The number of benzene rings is 3. The summed E-state index contributed by atoms with van der Waals surface area (Å²) in [5, 5.41) is 14.2. The number of nitrogens with one attached hydrogen (secondary N) is 2. The molecule has 2 atom stereocenters. The summed E-state index contributed by atoms with van der Waals surface area (Å²) >= 11 is 0. The van der Waals surface area contributed by atoms with Crippen molar-refractivity contribution in [3.05, 3.63) is 99.0 Å². The number of anilines is 1. The molecule has 0 saturated carbocycles. The number of hydrogen-bond donors (Lipinski definition) is 3. The topological polar surface area (TPSA) is 100 Å². The van der Waals surface area contributed by atoms with Crippen molar-refractivity contribution in [2.24, 2.45) is 7.05 Å². The van der Waals surface area contributed by atoms with Crippen LogP contribution < -0.4 is 16.2 Å². The molecule has 0 radical (unpaired) electrons. The Labute approximate surface area is 261 Å². The Morgan fingerprint density at radius 3 is 2.06 bits per heavy atom. The van der Waals surface area contributed by atoms with Crippen LogP contribution in [0.3, 0.4) is 0 Å². The van der Waals surface area contributed by atoms with E-state index in [-0.39, 0.29) is 27.6 Å². The number of aryl methyl sites for hydroxylation is 1. The zero-order chi connectivity index (χ0) is 35.0. The molecule has 4 rings (SSSR count). The quantitative estimate of drug-likeness (QED) is 0.167. The fourth-order valence-electron chi connectivity index (χ4n) is 5.20. The van der Waals surface area contributed by atoms with Crippen molar-refractivity contribution < 1.29 is 49.8 Å². The number of amides is 1. The number of aliphatic carboxylic acids is 1. The number of hydrogen-bond acceptors (Lipinski definition) is 4. The molecule has 3 aromatic carbocycles. The number of alkyl halides is 6. The van der Waals surface area contributed by atoms with Crippen LogP contribution in [0.4, 0.5) is 40.8 Å². The van der Waals surface area contributed by atoms with Gasteiger partial charge in [-0.05, 0) is 53.4 Å². The molecule has 0 fully saturated rings. The molecular formula is C32H27F8N3O4. The first kappa shape index (κ1) is 34.9. The summed E-state index contributed by atoms with van der Waals surface area (Å²) in [6, 6.07) is 6.26. The normalized spacial score (nSPS) is 13.3. The summed E-state index contributed by atoms with van der Waals surface area (Å²) in [5.41, 5.74) is -4.36. The molecule has 250 valence electrons. The van der Waals surface area contributed by atoms with Crippen LogP contribution in [-0.4, -0.2) is 39.8 Å². The predicted molar refractivity (Wildman–Crippen MR) is 157 cm³/mol. The van der Waals surface area contributed by atoms with E-state index in [2.05, 4.69) is 0 Å². The first-order valence-corrected chi connectivity index (χ1v) is 14.0. The van der Waals surface area contributed by atoms with E-state index >= 15 is 0 Å². The van der Waals surface area contributed by atoms with Gasteiger partial charge in [0.15, 0.2) is 0 Å². The lowest BCUT2D eigenvalue weighted by Gasteiger charge is -2.22. The van der Waals surface area contributed by atoms with E-state index in [4.69, 9.17) is 0 Å². The van der Waals surface area contributed by atoms with E-state index in [0.29, 0.717) is 12.1 Å². The molecule has 0 saturated heterocycles. The number of fused-ring (bicyclic) bond motifs is 1. The molecule has 15 heteroatoms. The maximum atomic E-state index is 14.8. The highest BCUT2D eigenvalue weighted by atomic mass is 19.4. The molecular weight excluding hydrogens is 642 g/mol. The Bertz CT molecular complexity index is 1890. The van der Waals surface area contributed by atoms with Crippen LogP contribution in [0.1, 0.15) is 40.5 Å². The van der Waals surface area contributed by atoms with Gasteiger partial charge in [-0.25, -0.2) is 13.6 Å². The molecule has 0 spiro atoms. The van der Waals surface area contributed by atoms with Crippen molar-refractivity contribution in [3.63, 3.8) is 0 Å². The second kappa shape index (κ2) is 13.0. The van der Waals surface area contributed by atoms with Gasteiger partial charge in [0.25, 0.3) is 11.5 Å². The highest BCUT2D eigenvalue weighted by Gasteiger charge is 2.39. The monoisotopic (exact) mass is 669 g/mol. The van der Waals surface area contributed by atoms with Gasteiger partial charge in [-0.15, -0.1) is 0 Å². The third kappa shape index (κ3) is 7.23. The number of aromatic nitrogens is 1. The number of carbonyl (C=O) groups excluding carboxylic acids is 1. The molecule has 4 aromatic rings. The second-order valence-corrected chi connectivity index (χ2v) is 10.8. The Hall–Kier alpha value is -4.95. The summed E-state index contributed by atoms with van der Waals surface area (Å²) in [5.74, 6) is -6.25. The molecule has 0 bridgehead atoms. The molecule has 3 N–H and O–H groups in total. The molecule has 0 aliphatic carbocycles. The summed E-state index contributed by atoms with van der Waals surface area (Å²) in [7, 11) is 1.32. The van der Waals surface area contributed by atoms with E-state index in [1.807, 2.05) is 10.6 Å². The lowest BCUT2D eigenvalue weighted by atomic mass is 9.90. The number of pyridine rings is 1. The van der Waals surface area contributed by atoms with Gasteiger partial charge in [-0.1, -0.05) is 43.3 Å². The molecule has 47 heavy (non-hydrogen) atoms. The summed E-state index contributed by atoms with van der Waals surface area (Å²) in [4.78, 5) is 38.1. The lowest BCUT2D eigenvalue weighted by Crippen LogP contribution is -2.43. The Morgan fingerprint density at radius 1 is 0.936 bits per heavy atom. The minimum Gasteiger partial charge on any atom is -0.480 e. The van der Waals surface area contributed by atoms with Gasteiger partial charge >= 0.3 is 18.3 Å². The fourth-order valence-corrected chi connectivity index (χ4v) is 5.20. The summed E-state index contributed by atoms with van der Waals surface area (Å²) in [6.07, 6.45) is -10.6. The fraction of sp³-hybridized carbons (Fsp3) is 0.281.